The van der Waals surface area contributed by atoms with Gasteiger partial charge in [0.25, 0.3) is 0 Å². The van der Waals surface area contributed by atoms with E-state index in [1.807, 2.05) is 36.4 Å². The van der Waals surface area contributed by atoms with Crippen molar-refractivity contribution in [2.45, 2.75) is 6.92 Å². The van der Waals surface area contributed by atoms with E-state index in [2.05, 4.69) is 0 Å². The van der Waals surface area contributed by atoms with Crippen molar-refractivity contribution in [3.8, 4) is 23.0 Å². The van der Waals surface area contributed by atoms with E-state index in [1.165, 1.54) is 6.92 Å². The third kappa shape index (κ3) is 4.29. The highest BCUT2D eigenvalue weighted by Crippen LogP contribution is 2.38. The highest BCUT2D eigenvalue weighted by atomic mass is 16.5. The Balaban J connectivity index is 2.23. The summed E-state index contributed by atoms with van der Waals surface area (Å²) >= 11 is 0. The molecule has 0 aromatic heterocycles. The molecule has 0 aliphatic rings. The van der Waals surface area contributed by atoms with E-state index < -0.39 is 0 Å². The molecular weight excluding hydrogens is 308 g/mol. The Labute approximate surface area is 141 Å². The van der Waals surface area contributed by atoms with Crippen LogP contribution in [0.15, 0.2) is 36.4 Å². The van der Waals surface area contributed by atoms with Gasteiger partial charge >= 0.3 is 5.97 Å². The molecule has 0 heterocycles. The Kier molecular flexibility index (Phi) is 5.84. The minimum Gasteiger partial charge on any atom is -0.493 e. The van der Waals surface area contributed by atoms with Gasteiger partial charge in [-0.1, -0.05) is 24.3 Å². The van der Waals surface area contributed by atoms with Crippen molar-refractivity contribution < 1.29 is 23.7 Å². The topological polar surface area (TPSA) is 54.0 Å². The van der Waals surface area contributed by atoms with Crippen LogP contribution in [0, 0.1) is 0 Å². The second-order valence-corrected chi connectivity index (χ2v) is 4.95. The molecule has 2 rings (SSSR count). The van der Waals surface area contributed by atoms with E-state index in [1.54, 1.807) is 33.5 Å². The molecule has 0 radical (unpaired) electrons. The van der Waals surface area contributed by atoms with Gasteiger partial charge < -0.3 is 18.9 Å². The molecule has 0 saturated carbocycles. The van der Waals surface area contributed by atoms with Crippen LogP contribution in [0.5, 0.6) is 23.0 Å². The number of ether oxygens (including phenoxy) is 4. The smallest absolute Gasteiger partial charge is 0.308 e. The summed E-state index contributed by atoms with van der Waals surface area (Å²) in [6.07, 6.45) is 3.88. The first kappa shape index (κ1) is 17.4. The average Bonchev–Trinajstić information content (AvgIpc) is 2.59. The second kappa shape index (κ2) is 8.06. The van der Waals surface area contributed by atoms with Gasteiger partial charge in [0.05, 0.1) is 21.3 Å². The maximum Gasteiger partial charge on any atom is 0.308 e. The van der Waals surface area contributed by atoms with E-state index in [0.717, 1.165) is 11.1 Å². The van der Waals surface area contributed by atoms with Crippen LogP contribution in [0.25, 0.3) is 12.2 Å². The fourth-order valence-electron chi connectivity index (χ4n) is 2.20. The summed E-state index contributed by atoms with van der Waals surface area (Å²) in [7, 11) is 4.73. The molecule has 0 saturated heterocycles. The number of benzene rings is 2. The monoisotopic (exact) mass is 328 g/mol. The summed E-state index contributed by atoms with van der Waals surface area (Å²) in [5.74, 6) is 1.94. The van der Waals surface area contributed by atoms with E-state index in [9.17, 15) is 4.79 Å². The number of methoxy groups -OCH3 is 3. The number of hydrogen-bond acceptors (Lipinski definition) is 5. The molecule has 2 aromatic carbocycles. The lowest BCUT2D eigenvalue weighted by Crippen LogP contribution is -2.00. The lowest BCUT2D eigenvalue weighted by Gasteiger charge is -2.12. The summed E-state index contributed by atoms with van der Waals surface area (Å²) in [5.41, 5.74) is 1.88. The summed E-state index contributed by atoms with van der Waals surface area (Å²) < 4.78 is 21.0. The lowest BCUT2D eigenvalue weighted by atomic mass is 10.1. The van der Waals surface area contributed by atoms with E-state index in [-0.39, 0.29) is 5.97 Å². The van der Waals surface area contributed by atoms with Crippen LogP contribution in [0.2, 0.25) is 0 Å². The highest BCUT2D eigenvalue weighted by molar-refractivity contribution is 5.73. The van der Waals surface area contributed by atoms with Crippen LogP contribution < -0.4 is 18.9 Å². The van der Waals surface area contributed by atoms with Gasteiger partial charge in [-0.25, -0.2) is 0 Å². The van der Waals surface area contributed by atoms with Crippen molar-refractivity contribution in [3.05, 3.63) is 47.5 Å². The van der Waals surface area contributed by atoms with Crippen LogP contribution in [-0.4, -0.2) is 27.3 Å². The molecule has 0 atom stereocenters. The zero-order chi connectivity index (χ0) is 17.5. The van der Waals surface area contributed by atoms with Gasteiger partial charge in [0.2, 0.25) is 5.75 Å². The van der Waals surface area contributed by atoms with Crippen molar-refractivity contribution in [1.29, 1.82) is 0 Å². The fraction of sp³-hybridized carbons (Fsp3) is 0.211. The van der Waals surface area contributed by atoms with Crippen LogP contribution in [0.4, 0.5) is 0 Å². The Hall–Kier alpha value is -2.95. The molecule has 126 valence electrons. The molecule has 0 spiro atoms. The second-order valence-electron chi connectivity index (χ2n) is 4.95. The summed E-state index contributed by atoms with van der Waals surface area (Å²) in [4.78, 5) is 10.9. The summed E-state index contributed by atoms with van der Waals surface area (Å²) in [6, 6.07) is 11.0. The number of carbonyl (C=O) groups excluding carboxylic acids is 1. The molecule has 0 aliphatic heterocycles. The Morgan fingerprint density at radius 2 is 1.38 bits per heavy atom. The first-order chi connectivity index (χ1) is 11.6. The molecule has 24 heavy (non-hydrogen) atoms. The molecule has 0 bridgehead atoms. The van der Waals surface area contributed by atoms with Gasteiger partial charge in [0.15, 0.2) is 11.5 Å². The van der Waals surface area contributed by atoms with Gasteiger partial charge in [-0.05, 0) is 35.4 Å². The van der Waals surface area contributed by atoms with Crippen LogP contribution in [0.3, 0.4) is 0 Å². The van der Waals surface area contributed by atoms with Gasteiger partial charge in [-0.2, -0.15) is 0 Å². The van der Waals surface area contributed by atoms with E-state index in [0.29, 0.717) is 23.0 Å². The number of hydrogen-bond donors (Lipinski definition) is 0. The van der Waals surface area contributed by atoms with Crippen LogP contribution in [0.1, 0.15) is 18.1 Å². The number of rotatable bonds is 6. The standard InChI is InChI=1S/C19H20O5/c1-13(20)24-16-9-7-14(8-10-16)5-6-15-11-17(21-2)19(23-4)18(12-15)22-3/h5-12H,1-4H3/b6-5-. The molecule has 5 nitrogen and oxygen atoms in total. The van der Waals surface area contributed by atoms with Gasteiger partial charge in [-0.3, -0.25) is 4.79 Å². The van der Waals surface area contributed by atoms with E-state index in [4.69, 9.17) is 18.9 Å². The predicted molar refractivity (Wildman–Crippen MR) is 92.8 cm³/mol. The third-order valence-corrected chi connectivity index (χ3v) is 3.30. The maximum absolute atomic E-state index is 10.9. The van der Waals surface area contributed by atoms with Crippen molar-refractivity contribution in [2.24, 2.45) is 0 Å². The van der Waals surface area contributed by atoms with Crippen LogP contribution >= 0.6 is 0 Å². The molecular formula is C19H20O5. The SMILES string of the molecule is COc1cc(/C=C\c2ccc(OC(C)=O)cc2)cc(OC)c1OC. The Morgan fingerprint density at radius 3 is 1.83 bits per heavy atom. The minimum atomic E-state index is -0.337. The molecule has 0 N–H and O–H groups in total. The minimum absolute atomic E-state index is 0.337. The zero-order valence-corrected chi connectivity index (χ0v) is 14.2. The van der Waals surface area contributed by atoms with Gasteiger partial charge in [-0.15, -0.1) is 0 Å². The summed E-state index contributed by atoms with van der Waals surface area (Å²) in [5, 5.41) is 0. The average molecular weight is 328 g/mol. The number of esters is 1. The zero-order valence-electron chi connectivity index (χ0n) is 14.2. The predicted octanol–water partition coefficient (Wildman–Crippen LogP) is 3.81. The van der Waals surface area contributed by atoms with E-state index >= 15 is 0 Å². The molecule has 0 aliphatic carbocycles. The third-order valence-electron chi connectivity index (χ3n) is 3.30. The van der Waals surface area contributed by atoms with Crippen molar-refractivity contribution in [3.63, 3.8) is 0 Å². The normalized spacial score (nSPS) is 10.5. The maximum atomic E-state index is 10.9. The quantitative estimate of drug-likeness (QED) is 0.458. The van der Waals surface area contributed by atoms with Gasteiger partial charge in [0.1, 0.15) is 5.75 Å². The van der Waals surface area contributed by atoms with Crippen molar-refractivity contribution >= 4 is 18.1 Å². The molecule has 0 amide bonds. The Bertz CT molecular complexity index is 707. The Morgan fingerprint density at radius 1 is 0.833 bits per heavy atom. The lowest BCUT2D eigenvalue weighted by molar-refractivity contribution is -0.131. The van der Waals surface area contributed by atoms with Crippen LogP contribution in [-0.2, 0) is 4.79 Å². The molecule has 0 unspecified atom stereocenters. The first-order valence-electron chi connectivity index (χ1n) is 7.34. The highest BCUT2D eigenvalue weighted by Gasteiger charge is 2.11. The molecule has 0 fully saturated rings. The number of carbonyl (C=O) groups is 1. The molecule has 5 heteroatoms. The molecule has 2 aromatic rings. The first-order valence-corrected chi connectivity index (χ1v) is 7.34. The van der Waals surface area contributed by atoms with Crippen molar-refractivity contribution in [2.75, 3.05) is 21.3 Å². The van der Waals surface area contributed by atoms with Crippen molar-refractivity contribution in [1.82, 2.24) is 0 Å². The van der Waals surface area contributed by atoms with Gasteiger partial charge in [0, 0.05) is 6.92 Å². The summed E-state index contributed by atoms with van der Waals surface area (Å²) in [6.45, 7) is 1.37. The largest absolute Gasteiger partial charge is 0.493 e. The fourth-order valence-corrected chi connectivity index (χ4v) is 2.20.